The smallest absolute Gasteiger partial charge is 0.224 e. The molecule has 0 aliphatic carbocycles. The molecule has 0 bridgehead atoms. The fourth-order valence-electron chi connectivity index (χ4n) is 2.99. The van der Waals surface area contributed by atoms with Crippen LogP contribution in [0.15, 0.2) is 29.3 Å². The number of halogens is 2. The van der Waals surface area contributed by atoms with Crippen LogP contribution in [-0.2, 0) is 4.79 Å². The zero-order valence-corrected chi connectivity index (χ0v) is 21.6. The minimum Gasteiger partial charge on any atom is -0.368 e. The van der Waals surface area contributed by atoms with Gasteiger partial charge in [-0.15, -0.1) is 24.0 Å². The van der Waals surface area contributed by atoms with Gasteiger partial charge in [-0.2, -0.15) is 11.8 Å². The second-order valence-electron chi connectivity index (χ2n) is 7.68. The van der Waals surface area contributed by atoms with E-state index < -0.39 is 0 Å². The van der Waals surface area contributed by atoms with Crippen LogP contribution in [0, 0.1) is 5.82 Å². The Morgan fingerprint density at radius 3 is 2.37 bits per heavy atom. The van der Waals surface area contributed by atoms with Gasteiger partial charge in [0.25, 0.3) is 0 Å². The molecule has 1 aromatic rings. The number of carbonyl (C=O) groups excluding carboxylic acids is 1. The Balaban J connectivity index is 0.00000450. The number of anilines is 1. The van der Waals surface area contributed by atoms with E-state index in [0.29, 0.717) is 32.6 Å². The average Bonchev–Trinajstić information content (AvgIpc) is 2.72. The van der Waals surface area contributed by atoms with Crippen molar-refractivity contribution in [2.24, 2.45) is 4.99 Å². The number of benzene rings is 1. The lowest BCUT2D eigenvalue weighted by Crippen LogP contribution is -2.49. The third-order valence-corrected chi connectivity index (χ3v) is 6.20. The zero-order chi connectivity index (χ0) is 21.3. The second kappa shape index (κ2) is 13.2. The maximum atomic E-state index is 13.1. The standard InChI is InChI=1S/C21H34FN5OS.HI/c1-5-23-20(25-16-21(2,3)29-4)24-11-10-19(28)27-14-12-26(13-15-27)18-8-6-17(22)7-9-18;/h6-9H,5,10-16H2,1-4H3,(H2,23,24,25);1H. The van der Waals surface area contributed by atoms with Crippen molar-refractivity contribution in [3.8, 4) is 0 Å². The number of nitrogens with one attached hydrogen (secondary N) is 2. The Kier molecular flexibility index (Phi) is 11.8. The summed E-state index contributed by atoms with van der Waals surface area (Å²) < 4.78 is 13.2. The van der Waals surface area contributed by atoms with Crippen molar-refractivity contribution in [3.05, 3.63) is 30.1 Å². The average molecular weight is 552 g/mol. The number of carbonyl (C=O) groups is 1. The molecule has 1 aliphatic heterocycles. The first kappa shape index (κ1) is 26.8. The van der Waals surface area contributed by atoms with Gasteiger partial charge in [0, 0.05) is 56.1 Å². The molecule has 0 unspecified atom stereocenters. The number of aliphatic imine (C=N–C) groups is 1. The minimum atomic E-state index is -0.229. The van der Waals surface area contributed by atoms with Gasteiger partial charge < -0.3 is 20.4 Å². The molecule has 1 saturated heterocycles. The van der Waals surface area contributed by atoms with Gasteiger partial charge in [-0.1, -0.05) is 0 Å². The van der Waals surface area contributed by atoms with Gasteiger partial charge in [0.15, 0.2) is 5.96 Å². The fourth-order valence-corrected chi connectivity index (χ4v) is 3.18. The molecule has 0 atom stereocenters. The van der Waals surface area contributed by atoms with Crippen LogP contribution in [0.1, 0.15) is 27.2 Å². The highest BCUT2D eigenvalue weighted by atomic mass is 127. The molecule has 0 saturated carbocycles. The van der Waals surface area contributed by atoms with Crippen molar-refractivity contribution in [2.45, 2.75) is 31.9 Å². The Morgan fingerprint density at radius 2 is 1.80 bits per heavy atom. The molecule has 0 spiro atoms. The maximum Gasteiger partial charge on any atom is 0.224 e. The highest BCUT2D eigenvalue weighted by Crippen LogP contribution is 2.21. The SMILES string of the molecule is CCNC(=NCC(C)(C)SC)NCCC(=O)N1CCN(c2ccc(F)cc2)CC1.I. The molecular formula is C21H35FIN5OS. The molecule has 0 radical (unpaired) electrons. The van der Waals surface area contributed by atoms with Crippen molar-refractivity contribution < 1.29 is 9.18 Å². The minimum absolute atomic E-state index is 0. The summed E-state index contributed by atoms with van der Waals surface area (Å²) in [5, 5.41) is 6.50. The van der Waals surface area contributed by atoms with Crippen LogP contribution in [0.2, 0.25) is 0 Å². The number of piperazine rings is 1. The van der Waals surface area contributed by atoms with Crippen LogP contribution in [0.5, 0.6) is 0 Å². The number of amides is 1. The molecule has 1 heterocycles. The number of nitrogens with zero attached hydrogens (tertiary/aromatic N) is 3. The van der Waals surface area contributed by atoms with E-state index >= 15 is 0 Å². The molecule has 170 valence electrons. The first-order valence-electron chi connectivity index (χ1n) is 10.2. The normalized spacial score (nSPS) is 14.9. The monoisotopic (exact) mass is 551 g/mol. The van der Waals surface area contributed by atoms with Crippen LogP contribution in [0.25, 0.3) is 0 Å². The molecule has 30 heavy (non-hydrogen) atoms. The summed E-state index contributed by atoms with van der Waals surface area (Å²) in [6.07, 6.45) is 2.53. The van der Waals surface area contributed by atoms with Gasteiger partial charge in [0.2, 0.25) is 5.91 Å². The number of guanidine groups is 1. The Labute approximate surface area is 201 Å². The van der Waals surface area contributed by atoms with Crippen LogP contribution >= 0.6 is 35.7 Å². The number of rotatable bonds is 8. The molecule has 1 aromatic carbocycles. The van der Waals surface area contributed by atoms with Gasteiger partial charge in [-0.05, 0) is 51.3 Å². The topological polar surface area (TPSA) is 60.0 Å². The lowest BCUT2D eigenvalue weighted by Gasteiger charge is -2.36. The maximum absolute atomic E-state index is 13.1. The lowest BCUT2D eigenvalue weighted by molar-refractivity contribution is -0.131. The van der Waals surface area contributed by atoms with E-state index in [9.17, 15) is 9.18 Å². The van der Waals surface area contributed by atoms with Crippen LogP contribution in [-0.4, -0.2) is 73.6 Å². The molecule has 1 aliphatic rings. The molecule has 2 rings (SSSR count). The van der Waals surface area contributed by atoms with Crippen LogP contribution in [0.3, 0.4) is 0 Å². The van der Waals surface area contributed by atoms with Crippen LogP contribution in [0.4, 0.5) is 10.1 Å². The summed E-state index contributed by atoms with van der Waals surface area (Å²) in [6, 6.07) is 6.53. The third-order valence-electron chi connectivity index (χ3n) is 4.97. The van der Waals surface area contributed by atoms with Gasteiger partial charge in [0.1, 0.15) is 5.82 Å². The Morgan fingerprint density at radius 1 is 1.17 bits per heavy atom. The summed E-state index contributed by atoms with van der Waals surface area (Å²) in [7, 11) is 0. The van der Waals surface area contributed by atoms with Crippen molar-refractivity contribution in [3.63, 3.8) is 0 Å². The molecule has 6 nitrogen and oxygen atoms in total. The molecular weight excluding hydrogens is 516 g/mol. The number of hydrogen-bond donors (Lipinski definition) is 2. The van der Waals surface area contributed by atoms with Crippen LogP contribution < -0.4 is 15.5 Å². The second-order valence-corrected chi connectivity index (χ2v) is 9.19. The van der Waals surface area contributed by atoms with E-state index in [-0.39, 0.29) is 40.4 Å². The van der Waals surface area contributed by atoms with Crippen molar-refractivity contribution in [2.75, 3.05) is 57.0 Å². The predicted molar refractivity (Wildman–Crippen MR) is 137 cm³/mol. The summed E-state index contributed by atoms with van der Waals surface area (Å²) in [5.41, 5.74) is 1.000. The summed E-state index contributed by atoms with van der Waals surface area (Å²) in [4.78, 5) is 21.3. The summed E-state index contributed by atoms with van der Waals surface area (Å²) in [5.74, 6) is 0.674. The Hall–Kier alpha value is -1.23. The summed E-state index contributed by atoms with van der Waals surface area (Å²) >= 11 is 1.79. The quantitative estimate of drug-likeness (QED) is 0.296. The fraction of sp³-hybridized carbons (Fsp3) is 0.619. The van der Waals surface area contributed by atoms with Crippen molar-refractivity contribution in [1.82, 2.24) is 15.5 Å². The first-order chi connectivity index (χ1) is 13.8. The lowest BCUT2D eigenvalue weighted by atomic mass is 10.2. The first-order valence-corrected chi connectivity index (χ1v) is 11.4. The van der Waals surface area contributed by atoms with E-state index in [0.717, 1.165) is 31.3 Å². The third kappa shape index (κ3) is 8.87. The largest absolute Gasteiger partial charge is 0.368 e. The zero-order valence-electron chi connectivity index (χ0n) is 18.4. The van der Waals surface area contributed by atoms with Crippen molar-refractivity contribution in [1.29, 1.82) is 0 Å². The van der Waals surface area contributed by atoms with E-state index in [1.807, 2.05) is 11.8 Å². The molecule has 1 fully saturated rings. The van der Waals surface area contributed by atoms with Gasteiger partial charge in [-0.3, -0.25) is 9.79 Å². The Bertz CT molecular complexity index is 678. The molecule has 1 amide bonds. The van der Waals surface area contributed by atoms with Gasteiger partial charge in [0.05, 0.1) is 6.54 Å². The van der Waals surface area contributed by atoms with Gasteiger partial charge in [-0.25, -0.2) is 4.39 Å². The van der Waals surface area contributed by atoms with E-state index in [1.165, 1.54) is 12.1 Å². The summed E-state index contributed by atoms with van der Waals surface area (Å²) in [6.45, 7) is 11.3. The molecule has 9 heteroatoms. The predicted octanol–water partition coefficient (Wildman–Crippen LogP) is 3.18. The van der Waals surface area contributed by atoms with Gasteiger partial charge >= 0.3 is 0 Å². The van der Waals surface area contributed by atoms with E-state index in [2.05, 4.69) is 40.6 Å². The number of thioether (sulfide) groups is 1. The van der Waals surface area contributed by atoms with E-state index in [1.54, 1.807) is 23.9 Å². The molecule has 0 aromatic heterocycles. The van der Waals surface area contributed by atoms with Crippen molar-refractivity contribution >= 4 is 53.3 Å². The van der Waals surface area contributed by atoms with E-state index in [4.69, 9.17) is 0 Å². The highest BCUT2D eigenvalue weighted by Gasteiger charge is 2.21. The number of hydrogen-bond acceptors (Lipinski definition) is 4. The highest BCUT2D eigenvalue weighted by molar-refractivity contribution is 14.0. The molecule has 2 N–H and O–H groups in total.